The summed E-state index contributed by atoms with van der Waals surface area (Å²) in [5.74, 6) is 1.20. The van der Waals surface area contributed by atoms with Gasteiger partial charge in [0.05, 0.1) is 0 Å². The summed E-state index contributed by atoms with van der Waals surface area (Å²) in [5, 5.41) is 0. The number of esters is 1. The van der Waals surface area contributed by atoms with Crippen molar-refractivity contribution in [2.45, 2.75) is 12.7 Å². The molecule has 0 amide bonds. The molecule has 4 heteroatoms. The van der Waals surface area contributed by atoms with Gasteiger partial charge in [0, 0.05) is 22.7 Å². The number of rotatable bonds is 3. The lowest BCUT2D eigenvalue weighted by molar-refractivity contribution is -0.131. The molecular weight excluding hydrogens is 264 g/mol. The monoisotopic (exact) mass is 274 g/mol. The molecule has 0 heterocycles. The molecule has 0 saturated heterocycles. The molecular formula is C10H11BrO2S. The molecule has 0 bridgehead atoms. The van der Waals surface area contributed by atoms with Crippen molar-refractivity contribution < 1.29 is 9.53 Å². The van der Waals surface area contributed by atoms with Crippen LogP contribution in [-0.4, -0.2) is 12.2 Å². The van der Waals surface area contributed by atoms with E-state index in [1.807, 2.05) is 24.5 Å². The van der Waals surface area contributed by atoms with Gasteiger partial charge >= 0.3 is 5.97 Å². The normalized spacial score (nSPS) is 9.93. The molecule has 0 fully saturated rings. The van der Waals surface area contributed by atoms with Crippen LogP contribution in [0.25, 0.3) is 0 Å². The summed E-state index contributed by atoms with van der Waals surface area (Å²) in [6, 6.07) is 5.71. The Kier molecular flexibility index (Phi) is 4.48. The summed E-state index contributed by atoms with van der Waals surface area (Å²) < 4.78 is 6.01. The molecule has 0 aromatic heterocycles. The predicted molar refractivity (Wildman–Crippen MR) is 62.7 cm³/mol. The predicted octanol–water partition coefficient (Wildman–Crippen LogP) is 3.24. The number of hydrogen-bond acceptors (Lipinski definition) is 3. The maximum Gasteiger partial charge on any atom is 0.308 e. The van der Waals surface area contributed by atoms with E-state index in [0.29, 0.717) is 5.75 Å². The lowest BCUT2D eigenvalue weighted by atomic mass is 10.2. The summed E-state index contributed by atoms with van der Waals surface area (Å²) in [4.78, 5) is 10.8. The third-order valence-electron chi connectivity index (χ3n) is 1.58. The van der Waals surface area contributed by atoms with Gasteiger partial charge in [0.1, 0.15) is 5.75 Å². The van der Waals surface area contributed by atoms with E-state index in [4.69, 9.17) is 4.74 Å². The van der Waals surface area contributed by atoms with E-state index in [1.165, 1.54) is 6.92 Å². The second-order valence-corrected chi connectivity index (χ2v) is 4.56. The van der Waals surface area contributed by atoms with Crippen molar-refractivity contribution in [2.75, 3.05) is 6.26 Å². The molecule has 0 saturated carbocycles. The molecule has 0 unspecified atom stereocenters. The molecule has 1 aromatic carbocycles. The quantitative estimate of drug-likeness (QED) is 0.625. The summed E-state index contributed by atoms with van der Waals surface area (Å²) in [7, 11) is 0. The van der Waals surface area contributed by atoms with Gasteiger partial charge in [-0.2, -0.15) is 11.8 Å². The highest BCUT2D eigenvalue weighted by Crippen LogP contribution is 2.26. The second-order valence-electron chi connectivity index (χ2n) is 2.78. The van der Waals surface area contributed by atoms with Crippen LogP contribution in [0.5, 0.6) is 5.75 Å². The van der Waals surface area contributed by atoms with Crippen molar-refractivity contribution in [3.05, 3.63) is 28.2 Å². The Labute approximate surface area is 96.2 Å². The Morgan fingerprint density at radius 2 is 2.29 bits per heavy atom. The van der Waals surface area contributed by atoms with Crippen LogP contribution in [0.3, 0.4) is 0 Å². The van der Waals surface area contributed by atoms with Gasteiger partial charge in [-0.25, -0.2) is 0 Å². The molecule has 0 radical (unpaired) electrons. The number of benzene rings is 1. The molecule has 0 aliphatic heterocycles. The lowest BCUT2D eigenvalue weighted by Gasteiger charge is -2.07. The van der Waals surface area contributed by atoms with Gasteiger partial charge in [-0.15, -0.1) is 0 Å². The molecule has 76 valence electrons. The minimum absolute atomic E-state index is 0.287. The molecule has 2 nitrogen and oxygen atoms in total. The topological polar surface area (TPSA) is 26.3 Å². The van der Waals surface area contributed by atoms with E-state index in [9.17, 15) is 4.79 Å². The number of thioether (sulfide) groups is 1. The lowest BCUT2D eigenvalue weighted by Crippen LogP contribution is -2.03. The number of halogens is 1. The summed E-state index contributed by atoms with van der Waals surface area (Å²) in [5.41, 5.74) is 1.04. The average Bonchev–Trinajstić information content (AvgIpc) is 2.09. The van der Waals surface area contributed by atoms with Gasteiger partial charge < -0.3 is 4.74 Å². The maximum atomic E-state index is 10.8. The largest absolute Gasteiger partial charge is 0.426 e. The fraction of sp³-hybridized carbons (Fsp3) is 0.300. The van der Waals surface area contributed by atoms with Crippen LogP contribution in [0.4, 0.5) is 0 Å². The van der Waals surface area contributed by atoms with E-state index in [1.54, 1.807) is 11.8 Å². The van der Waals surface area contributed by atoms with E-state index in [0.717, 1.165) is 15.8 Å². The van der Waals surface area contributed by atoms with Crippen LogP contribution in [0.15, 0.2) is 22.7 Å². The van der Waals surface area contributed by atoms with Crippen molar-refractivity contribution in [1.29, 1.82) is 0 Å². The van der Waals surface area contributed by atoms with Crippen LogP contribution in [0.1, 0.15) is 12.5 Å². The number of carbonyl (C=O) groups is 1. The Bertz CT molecular complexity index is 339. The zero-order valence-corrected chi connectivity index (χ0v) is 10.4. The van der Waals surface area contributed by atoms with Gasteiger partial charge in [0.25, 0.3) is 0 Å². The zero-order valence-electron chi connectivity index (χ0n) is 8.04. The zero-order chi connectivity index (χ0) is 10.6. The molecule has 1 aromatic rings. The van der Waals surface area contributed by atoms with Crippen LogP contribution in [-0.2, 0) is 10.5 Å². The summed E-state index contributed by atoms with van der Waals surface area (Å²) >= 11 is 5.03. The van der Waals surface area contributed by atoms with Crippen molar-refractivity contribution in [3.8, 4) is 5.75 Å². The Balaban J connectivity index is 2.96. The molecule has 0 N–H and O–H groups in total. The van der Waals surface area contributed by atoms with Crippen LogP contribution in [0.2, 0.25) is 0 Å². The highest BCUT2D eigenvalue weighted by atomic mass is 79.9. The van der Waals surface area contributed by atoms with E-state index >= 15 is 0 Å². The number of carbonyl (C=O) groups excluding carboxylic acids is 1. The first-order valence-electron chi connectivity index (χ1n) is 4.09. The second kappa shape index (κ2) is 5.41. The molecule has 0 spiro atoms. The molecule has 0 atom stereocenters. The van der Waals surface area contributed by atoms with Crippen molar-refractivity contribution in [2.24, 2.45) is 0 Å². The Morgan fingerprint density at radius 3 is 2.86 bits per heavy atom. The van der Waals surface area contributed by atoms with E-state index < -0.39 is 0 Å². The first kappa shape index (κ1) is 11.6. The standard InChI is InChI=1S/C10H11BrO2S/c1-7(12)13-10-5-9(11)4-3-8(10)6-14-2/h3-5H,6H2,1-2H3. The minimum Gasteiger partial charge on any atom is -0.426 e. The van der Waals surface area contributed by atoms with Gasteiger partial charge in [0.15, 0.2) is 0 Å². The highest BCUT2D eigenvalue weighted by Gasteiger charge is 2.06. The third-order valence-corrected chi connectivity index (χ3v) is 2.68. The van der Waals surface area contributed by atoms with Gasteiger partial charge in [0.2, 0.25) is 0 Å². The smallest absolute Gasteiger partial charge is 0.308 e. The van der Waals surface area contributed by atoms with Crippen molar-refractivity contribution in [3.63, 3.8) is 0 Å². The first-order chi connectivity index (χ1) is 6.63. The van der Waals surface area contributed by atoms with Gasteiger partial charge in [-0.05, 0) is 18.4 Å². The van der Waals surface area contributed by atoms with Crippen LogP contribution >= 0.6 is 27.7 Å². The van der Waals surface area contributed by atoms with E-state index in [-0.39, 0.29) is 5.97 Å². The summed E-state index contributed by atoms with van der Waals surface area (Å²) in [6.45, 7) is 1.41. The van der Waals surface area contributed by atoms with Crippen LogP contribution < -0.4 is 4.74 Å². The van der Waals surface area contributed by atoms with Crippen molar-refractivity contribution >= 4 is 33.7 Å². The fourth-order valence-corrected chi connectivity index (χ4v) is 1.94. The number of ether oxygens (including phenoxy) is 1. The molecule has 0 aliphatic rings. The molecule has 14 heavy (non-hydrogen) atoms. The SMILES string of the molecule is CSCc1ccc(Br)cc1OC(C)=O. The van der Waals surface area contributed by atoms with Gasteiger partial charge in [-0.1, -0.05) is 22.0 Å². The third kappa shape index (κ3) is 3.35. The minimum atomic E-state index is -0.287. The molecule has 1 rings (SSSR count). The average molecular weight is 275 g/mol. The van der Waals surface area contributed by atoms with Gasteiger partial charge in [-0.3, -0.25) is 4.79 Å². The maximum absolute atomic E-state index is 10.8. The van der Waals surface area contributed by atoms with E-state index in [2.05, 4.69) is 15.9 Å². The Hall–Kier alpha value is -0.480. The number of hydrogen-bond donors (Lipinski definition) is 0. The fourth-order valence-electron chi connectivity index (χ4n) is 1.05. The first-order valence-corrected chi connectivity index (χ1v) is 6.28. The van der Waals surface area contributed by atoms with Crippen molar-refractivity contribution in [1.82, 2.24) is 0 Å². The molecule has 0 aliphatic carbocycles. The highest BCUT2D eigenvalue weighted by molar-refractivity contribution is 9.10. The van der Waals surface area contributed by atoms with Crippen LogP contribution in [0, 0.1) is 0 Å². The Morgan fingerprint density at radius 1 is 1.57 bits per heavy atom. The summed E-state index contributed by atoms with van der Waals surface area (Å²) in [6.07, 6.45) is 2.01.